The van der Waals surface area contributed by atoms with Crippen molar-refractivity contribution in [2.45, 2.75) is 29.7 Å². The first-order valence-electron chi connectivity index (χ1n) is 6.36. The quantitative estimate of drug-likeness (QED) is 0.853. The molecule has 0 saturated heterocycles. The summed E-state index contributed by atoms with van der Waals surface area (Å²) in [5.41, 5.74) is -0.0575. The van der Waals surface area contributed by atoms with Gasteiger partial charge in [-0.1, -0.05) is 13.0 Å². The second kappa shape index (κ2) is 6.91. The van der Waals surface area contributed by atoms with Crippen molar-refractivity contribution in [2.24, 2.45) is 0 Å². The van der Waals surface area contributed by atoms with E-state index < -0.39 is 11.7 Å². The van der Waals surface area contributed by atoms with Crippen molar-refractivity contribution >= 4 is 11.8 Å². The standard InChI is InChI=1S/C14H14F3N3S/c1-2-18-9-10-4-5-12(11(8-10)14(15,16)17)21-13-19-6-3-7-20-13/h3-8,18H,2,9H2,1H3. The Hall–Kier alpha value is -1.60. The first-order valence-corrected chi connectivity index (χ1v) is 7.18. The molecule has 7 heteroatoms. The van der Waals surface area contributed by atoms with E-state index in [1.165, 1.54) is 24.5 Å². The maximum absolute atomic E-state index is 13.2. The molecule has 1 aromatic carbocycles. The van der Waals surface area contributed by atoms with Crippen molar-refractivity contribution in [2.75, 3.05) is 6.54 Å². The van der Waals surface area contributed by atoms with Crippen molar-refractivity contribution < 1.29 is 13.2 Å². The first kappa shape index (κ1) is 15.8. The number of rotatable bonds is 5. The third kappa shape index (κ3) is 4.44. The Morgan fingerprint density at radius 2 is 1.90 bits per heavy atom. The third-order valence-electron chi connectivity index (χ3n) is 2.67. The van der Waals surface area contributed by atoms with Crippen LogP contribution in [0.2, 0.25) is 0 Å². The average molecular weight is 313 g/mol. The number of hydrogen-bond donors (Lipinski definition) is 1. The zero-order chi connectivity index (χ0) is 15.3. The lowest BCUT2D eigenvalue weighted by Crippen LogP contribution is -2.13. The van der Waals surface area contributed by atoms with Gasteiger partial charge in [0.15, 0.2) is 5.16 Å². The van der Waals surface area contributed by atoms with Gasteiger partial charge in [0, 0.05) is 23.8 Å². The van der Waals surface area contributed by atoms with Crippen LogP contribution in [0.3, 0.4) is 0 Å². The molecule has 0 bridgehead atoms. The van der Waals surface area contributed by atoms with Crippen LogP contribution in [0.4, 0.5) is 13.2 Å². The predicted octanol–water partition coefficient (Wildman–Crippen LogP) is 3.76. The molecule has 1 aromatic heterocycles. The maximum Gasteiger partial charge on any atom is 0.417 e. The van der Waals surface area contributed by atoms with E-state index >= 15 is 0 Å². The van der Waals surface area contributed by atoms with E-state index in [-0.39, 0.29) is 4.90 Å². The van der Waals surface area contributed by atoms with Gasteiger partial charge in [0.25, 0.3) is 0 Å². The molecule has 1 heterocycles. The number of halogens is 3. The van der Waals surface area contributed by atoms with E-state index in [1.807, 2.05) is 6.92 Å². The van der Waals surface area contributed by atoms with Crippen LogP contribution in [0, 0.1) is 0 Å². The van der Waals surface area contributed by atoms with Crippen LogP contribution in [0.25, 0.3) is 0 Å². The molecule has 0 amide bonds. The zero-order valence-corrected chi connectivity index (χ0v) is 12.1. The fourth-order valence-electron chi connectivity index (χ4n) is 1.70. The number of nitrogens with one attached hydrogen (secondary N) is 1. The summed E-state index contributed by atoms with van der Waals surface area (Å²) in [7, 11) is 0. The van der Waals surface area contributed by atoms with Crippen LogP contribution < -0.4 is 5.32 Å². The highest BCUT2D eigenvalue weighted by Gasteiger charge is 2.34. The summed E-state index contributed by atoms with van der Waals surface area (Å²) in [5.74, 6) is 0. The number of benzene rings is 1. The van der Waals surface area contributed by atoms with E-state index in [4.69, 9.17) is 0 Å². The minimum Gasteiger partial charge on any atom is -0.313 e. The lowest BCUT2D eigenvalue weighted by atomic mass is 10.1. The fraction of sp³-hybridized carbons (Fsp3) is 0.286. The predicted molar refractivity (Wildman–Crippen MR) is 75.0 cm³/mol. The van der Waals surface area contributed by atoms with Crippen LogP contribution in [-0.4, -0.2) is 16.5 Å². The van der Waals surface area contributed by atoms with Gasteiger partial charge < -0.3 is 5.32 Å². The molecule has 0 radical (unpaired) electrons. The smallest absolute Gasteiger partial charge is 0.313 e. The van der Waals surface area contributed by atoms with E-state index in [1.54, 1.807) is 12.1 Å². The minimum atomic E-state index is -4.40. The van der Waals surface area contributed by atoms with Gasteiger partial charge in [0.05, 0.1) is 5.56 Å². The number of aromatic nitrogens is 2. The normalized spacial score (nSPS) is 11.6. The van der Waals surface area contributed by atoms with Gasteiger partial charge in [-0.25, -0.2) is 9.97 Å². The second-order valence-corrected chi connectivity index (χ2v) is 5.25. The van der Waals surface area contributed by atoms with Crippen LogP contribution in [0.1, 0.15) is 18.1 Å². The fourth-order valence-corrected chi connectivity index (χ4v) is 2.55. The largest absolute Gasteiger partial charge is 0.417 e. The third-order valence-corrected chi connectivity index (χ3v) is 3.64. The first-order chi connectivity index (χ1) is 10.0. The summed E-state index contributed by atoms with van der Waals surface area (Å²) in [6.07, 6.45) is -1.40. The second-order valence-electron chi connectivity index (χ2n) is 4.24. The SMILES string of the molecule is CCNCc1ccc(Sc2ncccn2)c(C(F)(F)F)c1. The Labute approximate surface area is 125 Å². The molecular formula is C14H14F3N3S. The molecule has 1 N–H and O–H groups in total. The summed E-state index contributed by atoms with van der Waals surface area (Å²) >= 11 is 0.911. The van der Waals surface area contributed by atoms with E-state index in [0.29, 0.717) is 23.8 Å². The topological polar surface area (TPSA) is 37.8 Å². The number of nitrogens with zero attached hydrogens (tertiary/aromatic N) is 2. The summed E-state index contributed by atoms with van der Waals surface area (Å²) in [5, 5.41) is 3.31. The van der Waals surface area contributed by atoms with E-state index in [9.17, 15) is 13.2 Å². The van der Waals surface area contributed by atoms with Gasteiger partial charge >= 0.3 is 6.18 Å². The summed E-state index contributed by atoms with van der Waals surface area (Å²) in [6, 6.07) is 5.95. The molecule has 3 nitrogen and oxygen atoms in total. The maximum atomic E-state index is 13.2. The van der Waals surface area contributed by atoms with Crippen molar-refractivity contribution in [1.29, 1.82) is 0 Å². The van der Waals surface area contributed by atoms with Crippen LogP contribution in [0.15, 0.2) is 46.7 Å². The van der Waals surface area contributed by atoms with Crippen LogP contribution >= 0.6 is 11.8 Å². The molecule has 0 saturated carbocycles. The van der Waals surface area contributed by atoms with Crippen molar-refractivity contribution in [3.63, 3.8) is 0 Å². The Balaban J connectivity index is 2.31. The van der Waals surface area contributed by atoms with Gasteiger partial charge in [0.1, 0.15) is 0 Å². The molecule has 21 heavy (non-hydrogen) atoms. The number of hydrogen-bond acceptors (Lipinski definition) is 4. The molecule has 0 atom stereocenters. The van der Waals surface area contributed by atoms with Crippen molar-refractivity contribution in [3.05, 3.63) is 47.8 Å². The highest BCUT2D eigenvalue weighted by Crippen LogP contribution is 2.39. The lowest BCUT2D eigenvalue weighted by molar-refractivity contribution is -0.139. The Morgan fingerprint density at radius 3 is 2.52 bits per heavy atom. The molecular weight excluding hydrogens is 299 g/mol. The summed E-state index contributed by atoms with van der Waals surface area (Å²) < 4.78 is 39.5. The van der Waals surface area contributed by atoms with Crippen molar-refractivity contribution in [3.8, 4) is 0 Å². The summed E-state index contributed by atoms with van der Waals surface area (Å²) in [6.45, 7) is 3.02. The minimum absolute atomic E-state index is 0.106. The number of alkyl halides is 3. The Kier molecular flexibility index (Phi) is 5.19. The molecule has 112 valence electrons. The molecule has 0 fully saturated rings. The van der Waals surface area contributed by atoms with Crippen LogP contribution in [0.5, 0.6) is 0 Å². The zero-order valence-electron chi connectivity index (χ0n) is 11.3. The molecule has 0 aliphatic carbocycles. The molecule has 2 rings (SSSR count). The highest BCUT2D eigenvalue weighted by molar-refractivity contribution is 7.99. The lowest BCUT2D eigenvalue weighted by Gasteiger charge is -2.14. The monoisotopic (exact) mass is 313 g/mol. The van der Waals surface area contributed by atoms with Gasteiger partial charge in [-0.2, -0.15) is 13.2 Å². The van der Waals surface area contributed by atoms with Gasteiger partial charge in [-0.05, 0) is 42.1 Å². The molecule has 2 aromatic rings. The molecule has 0 aliphatic heterocycles. The van der Waals surface area contributed by atoms with E-state index in [2.05, 4.69) is 15.3 Å². The summed E-state index contributed by atoms with van der Waals surface area (Å²) in [4.78, 5) is 7.99. The van der Waals surface area contributed by atoms with Gasteiger partial charge in [0.2, 0.25) is 0 Å². The molecule has 0 aliphatic rings. The molecule has 0 spiro atoms. The van der Waals surface area contributed by atoms with Gasteiger partial charge in [-0.3, -0.25) is 0 Å². The molecule has 0 unspecified atom stereocenters. The highest BCUT2D eigenvalue weighted by atomic mass is 32.2. The Bertz CT molecular complexity index is 588. The van der Waals surface area contributed by atoms with Crippen LogP contribution in [-0.2, 0) is 12.7 Å². The van der Waals surface area contributed by atoms with Gasteiger partial charge in [-0.15, -0.1) is 0 Å². The average Bonchev–Trinajstić information content (AvgIpc) is 2.46. The van der Waals surface area contributed by atoms with E-state index in [0.717, 1.165) is 11.8 Å². The van der Waals surface area contributed by atoms with Crippen molar-refractivity contribution in [1.82, 2.24) is 15.3 Å². The Morgan fingerprint density at radius 1 is 1.19 bits per heavy atom.